The molecule has 0 aliphatic carbocycles. The predicted molar refractivity (Wildman–Crippen MR) is 581 cm³/mol. The van der Waals surface area contributed by atoms with Gasteiger partial charge in [-0.15, -0.1) is 0 Å². The number of esters is 1. The fourth-order valence-corrected chi connectivity index (χ4v) is 18.6. The van der Waals surface area contributed by atoms with Gasteiger partial charge in [-0.05, 0) is 195 Å². The summed E-state index contributed by atoms with van der Waals surface area (Å²) in [5.74, 6) is 6.26. The number of para-hydroxylation sites is 10. The Bertz CT molecular complexity index is 5760. The summed E-state index contributed by atoms with van der Waals surface area (Å²) in [5, 5.41) is 30.1. The second kappa shape index (κ2) is 57.1. The van der Waals surface area contributed by atoms with Crippen molar-refractivity contribution in [2.24, 2.45) is 5.73 Å². The van der Waals surface area contributed by atoms with E-state index in [1.807, 2.05) is 179 Å². The maximum Gasteiger partial charge on any atom is 0.308 e. The second-order valence-electron chi connectivity index (χ2n) is 37.8. The van der Waals surface area contributed by atoms with Crippen LogP contribution in [-0.4, -0.2) is 228 Å². The van der Waals surface area contributed by atoms with Crippen molar-refractivity contribution in [1.29, 1.82) is 0 Å². The number of hydrogen-bond acceptors (Lipinski definition) is 23. The predicted octanol–water partition coefficient (Wildman–Crippen LogP) is 20.1. The quantitative estimate of drug-likeness (QED) is 0.00977. The molecule has 5 amide bonds. The van der Waals surface area contributed by atoms with Crippen molar-refractivity contribution < 1.29 is 53.3 Å². The van der Waals surface area contributed by atoms with Crippen molar-refractivity contribution >= 4 is 174 Å². The van der Waals surface area contributed by atoms with Crippen LogP contribution in [0.25, 0.3) is 55.2 Å². The van der Waals surface area contributed by atoms with Crippen molar-refractivity contribution in [2.45, 2.75) is 252 Å². The van der Waals surface area contributed by atoms with Crippen LogP contribution in [-0.2, 0) is 79.3 Å². The van der Waals surface area contributed by atoms with Gasteiger partial charge in [0.15, 0.2) is 0 Å². The fraction of sp³-hybridized carbons (Fsp3) is 0.476. The number of aromatic nitrogens is 10. The number of nitrogens with zero attached hydrogens (tertiary/aromatic N) is 9. The van der Waals surface area contributed by atoms with Gasteiger partial charge in [0.1, 0.15) is 41.2 Å². The third-order valence-corrected chi connectivity index (χ3v) is 27.3. The van der Waals surface area contributed by atoms with Crippen molar-refractivity contribution in [3.8, 4) is 0 Å². The Morgan fingerprint density at radius 2 is 0.807 bits per heavy atom. The highest BCUT2D eigenvalue weighted by atomic mass is 32.2. The van der Waals surface area contributed by atoms with E-state index in [-0.39, 0.29) is 78.0 Å². The Morgan fingerprint density at radius 3 is 1.19 bits per heavy atom. The number of hydrogen-bond donors (Lipinski definition) is 13. The summed E-state index contributed by atoms with van der Waals surface area (Å²) < 4.78 is 5.90. The van der Waals surface area contributed by atoms with Crippen LogP contribution in [0.5, 0.6) is 0 Å². The van der Waals surface area contributed by atoms with E-state index in [9.17, 15) is 43.5 Å². The van der Waals surface area contributed by atoms with Crippen molar-refractivity contribution in [1.82, 2.24) is 80.1 Å². The number of nitrogens with two attached hydrogens (primary N) is 1. The second-order valence-corrected chi connectivity index (χ2v) is 45.9. The van der Waals surface area contributed by atoms with Crippen molar-refractivity contribution in [3.63, 3.8) is 0 Å². The highest BCUT2D eigenvalue weighted by molar-refractivity contribution is 8.01. The molecule has 12 aromatic rings. The summed E-state index contributed by atoms with van der Waals surface area (Å²) in [5.41, 5.74) is 19.2. The van der Waals surface area contributed by atoms with Gasteiger partial charge in [0.25, 0.3) is 11.8 Å². The lowest BCUT2D eigenvalue weighted by Gasteiger charge is -2.23. The lowest BCUT2D eigenvalue weighted by atomic mass is 10.1. The third kappa shape index (κ3) is 40.1. The number of thioether (sulfide) groups is 4. The molecule has 0 fully saturated rings. The van der Waals surface area contributed by atoms with Crippen LogP contribution in [0, 0.1) is 0 Å². The number of ether oxygens (including phenoxy) is 1. The highest BCUT2D eigenvalue weighted by Gasteiger charge is 2.33. The summed E-state index contributed by atoms with van der Waals surface area (Å²) in [6, 6.07) is 48.6. The summed E-state index contributed by atoms with van der Waals surface area (Å²) in [4.78, 5) is 143. The Labute approximate surface area is 848 Å². The van der Waals surface area contributed by atoms with E-state index in [0.717, 1.165) is 170 Å². The molecule has 0 radical (unpaired) electrons. The van der Waals surface area contributed by atoms with E-state index in [4.69, 9.17) is 20.6 Å². The molecular formula is C105H149N19O11S5. The Hall–Kier alpha value is -11.1. The van der Waals surface area contributed by atoms with Crippen LogP contribution in [0.2, 0.25) is 0 Å². The molecule has 0 saturated heterocycles. The molecule has 2 aliphatic heterocycles. The first-order valence-corrected chi connectivity index (χ1v) is 51.7. The van der Waals surface area contributed by atoms with E-state index >= 15 is 0 Å². The molecule has 140 heavy (non-hydrogen) atoms. The van der Waals surface area contributed by atoms with Gasteiger partial charge < -0.3 is 86.5 Å². The summed E-state index contributed by atoms with van der Waals surface area (Å²) in [6.45, 7) is 31.7. The molecule has 35 heteroatoms. The Balaban J connectivity index is 0.000000241. The zero-order valence-electron chi connectivity index (χ0n) is 82.5. The maximum absolute atomic E-state index is 13.9. The average Bonchev–Trinajstić information content (AvgIpc) is 1.63. The zero-order chi connectivity index (χ0) is 100. The number of thiol groups is 1. The first-order chi connectivity index (χ1) is 65.7. The number of likely N-dealkylation sites (N-methyl/N-ethyl adjacent to an activating group) is 2. The molecule has 2 aliphatic rings. The minimum Gasteiger partial charge on any atom is -0.481 e. The van der Waals surface area contributed by atoms with Crippen LogP contribution >= 0.6 is 59.7 Å². The number of benzene rings is 7. The SMILES string of the molecule is C.C.CC(C)(C)SCCCC(=O)NCc1nc2ccccc2[nH]1.CC(C)(C)SCCCC(=O)O.CC(C)(C)SCCCCNCc1nc2ccccc2[nH]1.CN1Cc2cc(C(=O)N(CCCCS)Cc3nc4ccccc4[nH]3)ccc2N[C@@H](CC(=O)O)C1=O.COC(=O)C[C@@H]1Nc2ccc(C(=O)N(CCCCSC(C)(C)C)Cc3nc4ccccc4[nH]3)cc2CN(C)C1=O.NCc1nc2ccccc2[nH]1. The summed E-state index contributed by atoms with van der Waals surface area (Å²) >= 11 is 12.0. The standard InChI is InChI=1S/C30H39N5O4S.C25H29N5O4S.C16H23N3OS.C16H25N3S.C8H9N3.C8H16O2S.2CH4/c1-30(2,3)40-15-9-8-14-35(19-26-32-23-10-6-7-11-24(23)33-26)28(37)20-12-13-22-21(16-20)18-34(4)29(38)25(31-22)17-27(36)39-5;1-29-14-17-12-16(8-9-18(17)26-21(25(29)34)13-23(31)32)24(33)30(10-4-5-11-35)15-22-27-19-6-2-3-7-20(19)28-22;1-16(2,3)21-10-6-9-15(20)17-11-14-18-12-7-4-5-8-13(12)19-14;1-16(2,3)20-11-7-6-10-17-12-15-18-13-8-4-5-9-14(13)19-15;9-5-8-10-6-3-1-2-4-7(6)11-8;1-8(2,3)11-6-4-5-7(9)10;;/h6-7,10-13,16,25,31H,8-9,14-15,17-19H2,1-5H3,(H,32,33);2-3,6-9,12,21,26,35H,4-5,10-11,13-15H2,1H3,(H,27,28)(H,31,32);4-5,7-8H,6,9-11H2,1-3H3,(H,17,20)(H,18,19);4-5,8-9,17H,6-7,10-12H2,1-3H3,(H,18,19);1-4H,5,9H2,(H,10,11);4-6H2,1-3H3,(H,9,10);2*1H4/t25-;21-;;;;;;/m00....../s1. The summed E-state index contributed by atoms with van der Waals surface area (Å²) in [7, 11) is 4.63. The molecule has 760 valence electrons. The molecule has 30 nitrogen and oxygen atoms in total. The van der Waals surface area contributed by atoms with Crippen LogP contribution in [0.3, 0.4) is 0 Å². The first-order valence-electron chi connectivity index (χ1n) is 47.1. The average molecular weight is 2010 g/mol. The lowest BCUT2D eigenvalue weighted by Crippen LogP contribution is -2.39. The number of methoxy groups -OCH3 is 1. The van der Waals surface area contributed by atoms with Gasteiger partial charge in [-0.3, -0.25) is 38.4 Å². The number of aromatic amines is 5. The fourth-order valence-electron chi connectivity index (χ4n) is 14.7. The van der Waals surface area contributed by atoms with E-state index in [0.29, 0.717) is 86.0 Å². The number of aliphatic carboxylic acids is 2. The molecule has 5 aromatic heterocycles. The molecule has 14 rings (SSSR count). The van der Waals surface area contributed by atoms with E-state index in [1.54, 1.807) is 48.2 Å². The van der Waals surface area contributed by atoms with Gasteiger partial charge in [-0.25, -0.2) is 24.9 Å². The van der Waals surface area contributed by atoms with Gasteiger partial charge in [-0.2, -0.15) is 59.7 Å². The molecule has 2 atom stereocenters. The zero-order valence-corrected chi connectivity index (χ0v) is 86.7. The Kier molecular flexibility index (Phi) is 47.3. The van der Waals surface area contributed by atoms with E-state index in [2.05, 4.69) is 168 Å². The Morgan fingerprint density at radius 1 is 0.457 bits per heavy atom. The minimum absolute atomic E-state index is 0. The molecular weight excluding hydrogens is 1860 g/mol. The number of unbranched alkanes of at least 4 members (excludes halogenated alkanes) is 3. The lowest BCUT2D eigenvalue weighted by molar-refractivity contribution is -0.143. The van der Waals surface area contributed by atoms with Crippen molar-refractivity contribution in [3.05, 3.63) is 209 Å². The summed E-state index contributed by atoms with van der Waals surface area (Å²) in [6.07, 6.45) is 8.26. The van der Waals surface area contributed by atoms with Gasteiger partial charge in [-0.1, -0.05) is 159 Å². The number of carbonyl (C=O) groups is 8. The molecule has 7 aromatic carbocycles. The number of imidazole rings is 5. The monoisotopic (exact) mass is 2010 g/mol. The van der Waals surface area contributed by atoms with E-state index < -0.39 is 30.0 Å². The molecule has 7 heterocycles. The number of carboxylic acid groups (broad SMARTS) is 2. The molecule has 0 unspecified atom stereocenters. The highest BCUT2D eigenvalue weighted by Crippen LogP contribution is 2.32. The normalized spacial score (nSPS) is 13.5. The van der Waals surface area contributed by atoms with Crippen LogP contribution in [0.15, 0.2) is 158 Å². The number of carboxylic acids is 2. The number of rotatable bonds is 37. The smallest absolute Gasteiger partial charge is 0.308 e. The number of amides is 5. The number of carbonyl (C=O) groups excluding carboxylic acids is 6. The molecule has 0 bridgehead atoms. The number of fused-ring (bicyclic) bond motifs is 7. The van der Waals surface area contributed by atoms with Gasteiger partial charge in [0.2, 0.25) is 17.7 Å². The maximum atomic E-state index is 13.9. The van der Waals surface area contributed by atoms with Gasteiger partial charge in [0.05, 0.1) is 108 Å². The topological polar surface area (TPSA) is 417 Å². The molecule has 0 saturated carbocycles. The molecule has 0 spiro atoms. The minimum atomic E-state index is -1.05. The van der Waals surface area contributed by atoms with Gasteiger partial charge in [0, 0.05) is 94.6 Å². The van der Waals surface area contributed by atoms with Gasteiger partial charge >= 0.3 is 17.9 Å². The van der Waals surface area contributed by atoms with Crippen LogP contribution in [0.1, 0.15) is 236 Å². The third-order valence-electron chi connectivity index (χ3n) is 21.5. The first kappa shape index (κ1) is 116. The number of H-pyrrole nitrogens is 5. The van der Waals surface area contributed by atoms with Crippen LogP contribution < -0.4 is 27.0 Å². The number of nitrogens with one attached hydrogen (secondary N) is 9. The van der Waals surface area contributed by atoms with Crippen molar-refractivity contribution in [2.75, 3.05) is 80.2 Å². The number of anilines is 2. The van der Waals surface area contributed by atoms with Crippen LogP contribution in [0.4, 0.5) is 11.4 Å². The largest absolute Gasteiger partial charge is 0.481 e. The van der Waals surface area contributed by atoms with E-state index in [1.165, 1.54) is 30.6 Å². The molecule has 13 N–H and O–H groups in total.